The van der Waals surface area contributed by atoms with Gasteiger partial charge in [0.05, 0.1) is 7.11 Å². The Bertz CT molecular complexity index is 755. The van der Waals surface area contributed by atoms with E-state index in [-0.39, 0.29) is 6.10 Å². The first-order valence-electron chi connectivity index (χ1n) is 8.64. The third kappa shape index (κ3) is 3.37. The van der Waals surface area contributed by atoms with Gasteiger partial charge in [0.2, 0.25) is 0 Å². The van der Waals surface area contributed by atoms with Crippen molar-refractivity contribution in [3.05, 3.63) is 47.5 Å². The smallest absolute Gasteiger partial charge is 0.165 e. The fourth-order valence-corrected chi connectivity index (χ4v) is 3.26. The first kappa shape index (κ1) is 16.1. The number of fused-ring (bicyclic) bond motifs is 1. The summed E-state index contributed by atoms with van der Waals surface area (Å²) in [5.41, 5.74) is 2.29. The molecule has 0 N–H and O–H groups in total. The van der Waals surface area contributed by atoms with Gasteiger partial charge in [-0.05, 0) is 24.6 Å². The lowest BCUT2D eigenvalue weighted by molar-refractivity contribution is 0.0137. The van der Waals surface area contributed by atoms with Crippen LogP contribution in [0.1, 0.15) is 11.1 Å². The quantitative estimate of drug-likeness (QED) is 0.836. The maximum Gasteiger partial charge on any atom is 0.165 e. The Balaban J connectivity index is 1.38. The van der Waals surface area contributed by atoms with Gasteiger partial charge in [-0.15, -0.1) is 0 Å². The molecule has 0 aromatic heterocycles. The Hall–Kier alpha value is -2.40. The third-order valence-electron chi connectivity index (χ3n) is 4.65. The van der Waals surface area contributed by atoms with Gasteiger partial charge in [0.1, 0.15) is 30.8 Å². The summed E-state index contributed by atoms with van der Waals surface area (Å²) in [6, 6.07) is 12.1. The summed E-state index contributed by atoms with van der Waals surface area (Å²) in [6.45, 7) is 5.88. The van der Waals surface area contributed by atoms with Crippen molar-refractivity contribution in [3.8, 4) is 23.0 Å². The molecule has 2 aromatic carbocycles. The number of aryl methyl sites for hydroxylation is 1. The zero-order chi connectivity index (χ0) is 17.2. The van der Waals surface area contributed by atoms with E-state index in [1.165, 1.54) is 5.56 Å². The fourth-order valence-electron chi connectivity index (χ4n) is 3.26. The van der Waals surface area contributed by atoms with Gasteiger partial charge >= 0.3 is 0 Å². The van der Waals surface area contributed by atoms with E-state index in [0.29, 0.717) is 13.2 Å². The van der Waals surface area contributed by atoms with E-state index in [1.807, 2.05) is 30.3 Å². The summed E-state index contributed by atoms with van der Waals surface area (Å²) < 4.78 is 22.9. The molecule has 0 radical (unpaired) electrons. The molecule has 5 heteroatoms. The van der Waals surface area contributed by atoms with Gasteiger partial charge in [-0.25, -0.2) is 0 Å². The van der Waals surface area contributed by atoms with Gasteiger partial charge in [0.25, 0.3) is 0 Å². The molecule has 1 saturated heterocycles. The number of benzene rings is 2. The third-order valence-corrected chi connectivity index (χ3v) is 4.65. The molecule has 0 unspecified atom stereocenters. The summed E-state index contributed by atoms with van der Waals surface area (Å²) in [4.78, 5) is 2.34. The van der Waals surface area contributed by atoms with E-state index < -0.39 is 0 Å². The molecule has 25 heavy (non-hydrogen) atoms. The number of rotatable bonds is 5. The van der Waals surface area contributed by atoms with Crippen LogP contribution in [0.5, 0.6) is 23.0 Å². The van der Waals surface area contributed by atoms with Crippen molar-refractivity contribution < 1.29 is 18.9 Å². The lowest BCUT2D eigenvalue weighted by Gasteiger charge is -2.39. The second-order valence-corrected chi connectivity index (χ2v) is 6.51. The van der Waals surface area contributed by atoms with E-state index in [9.17, 15) is 0 Å². The maximum absolute atomic E-state index is 6.08. The largest absolute Gasteiger partial charge is 0.496 e. The molecule has 0 atom stereocenters. The molecular formula is C20H23NO4. The highest BCUT2D eigenvalue weighted by molar-refractivity contribution is 5.51. The Morgan fingerprint density at radius 2 is 1.76 bits per heavy atom. The molecule has 4 rings (SSSR count). The monoisotopic (exact) mass is 341 g/mol. The van der Waals surface area contributed by atoms with Crippen LogP contribution in [0, 0.1) is 6.92 Å². The standard InChI is InChI=1S/C20H23NO4/c1-14-5-3-4-6-17(14)25-16-12-21(13-16)11-15-9-19-20(10-18(15)22-2)24-8-7-23-19/h3-6,9-10,16H,7-8,11-13H2,1-2H3. The highest BCUT2D eigenvalue weighted by Gasteiger charge is 2.30. The van der Waals surface area contributed by atoms with Gasteiger partial charge in [-0.1, -0.05) is 18.2 Å². The second-order valence-electron chi connectivity index (χ2n) is 6.51. The molecule has 2 aliphatic rings. The highest BCUT2D eigenvalue weighted by atomic mass is 16.6. The van der Waals surface area contributed by atoms with E-state index in [0.717, 1.165) is 48.2 Å². The number of para-hydroxylation sites is 1. The maximum atomic E-state index is 6.08. The Morgan fingerprint density at radius 3 is 2.48 bits per heavy atom. The Morgan fingerprint density at radius 1 is 1.04 bits per heavy atom. The van der Waals surface area contributed by atoms with Crippen molar-refractivity contribution >= 4 is 0 Å². The van der Waals surface area contributed by atoms with Crippen molar-refractivity contribution in [2.24, 2.45) is 0 Å². The second kappa shape index (κ2) is 6.84. The minimum atomic E-state index is 0.240. The Kier molecular flexibility index (Phi) is 4.40. The zero-order valence-corrected chi connectivity index (χ0v) is 14.7. The van der Waals surface area contributed by atoms with Crippen molar-refractivity contribution in [3.63, 3.8) is 0 Å². The summed E-state index contributed by atoms with van der Waals surface area (Å²) in [5, 5.41) is 0. The minimum absolute atomic E-state index is 0.240. The normalized spacial score (nSPS) is 17.0. The summed E-state index contributed by atoms with van der Waals surface area (Å²) in [6.07, 6.45) is 0.240. The van der Waals surface area contributed by atoms with Gasteiger partial charge in [-0.3, -0.25) is 4.90 Å². The average molecular weight is 341 g/mol. The number of hydrogen-bond donors (Lipinski definition) is 0. The topological polar surface area (TPSA) is 40.2 Å². The number of ether oxygens (including phenoxy) is 4. The Labute approximate surface area is 148 Å². The predicted octanol–water partition coefficient (Wildman–Crippen LogP) is 3.04. The molecule has 0 bridgehead atoms. The molecule has 2 heterocycles. The molecule has 0 saturated carbocycles. The van der Waals surface area contributed by atoms with Crippen LogP contribution < -0.4 is 18.9 Å². The zero-order valence-electron chi connectivity index (χ0n) is 14.7. The molecule has 132 valence electrons. The first-order valence-corrected chi connectivity index (χ1v) is 8.64. The average Bonchev–Trinajstić information content (AvgIpc) is 2.60. The molecule has 0 spiro atoms. The highest BCUT2D eigenvalue weighted by Crippen LogP contribution is 2.37. The molecule has 2 aliphatic heterocycles. The van der Waals surface area contributed by atoms with E-state index >= 15 is 0 Å². The number of methoxy groups -OCH3 is 1. The van der Waals surface area contributed by atoms with Crippen LogP contribution >= 0.6 is 0 Å². The predicted molar refractivity (Wildman–Crippen MR) is 94.9 cm³/mol. The van der Waals surface area contributed by atoms with Crippen LogP contribution in [-0.2, 0) is 6.54 Å². The molecule has 0 amide bonds. The van der Waals surface area contributed by atoms with E-state index in [2.05, 4.69) is 17.9 Å². The van der Waals surface area contributed by atoms with Gasteiger partial charge in [-0.2, -0.15) is 0 Å². The van der Waals surface area contributed by atoms with Gasteiger partial charge < -0.3 is 18.9 Å². The molecule has 1 fully saturated rings. The van der Waals surface area contributed by atoms with E-state index in [4.69, 9.17) is 18.9 Å². The van der Waals surface area contributed by atoms with Crippen LogP contribution in [0.3, 0.4) is 0 Å². The molecule has 2 aromatic rings. The summed E-state index contributed by atoms with van der Waals surface area (Å²) in [5.74, 6) is 3.38. The van der Waals surface area contributed by atoms with Crippen LogP contribution in [0.15, 0.2) is 36.4 Å². The van der Waals surface area contributed by atoms with Crippen LogP contribution in [0.4, 0.5) is 0 Å². The van der Waals surface area contributed by atoms with Crippen LogP contribution in [-0.4, -0.2) is 44.4 Å². The van der Waals surface area contributed by atoms with Crippen molar-refractivity contribution in [1.29, 1.82) is 0 Å². The summed E-state index contributed by atoms with van der Waals surface area (Å²) >= 11 is 0. The minimum Gasteiger partial charge on any atom is -0.496 e. The van der Waals surface area contributed by atoms with Crippen LogP contribution in [0.25, 0.3) is 0 Å². The summed E-state index contributed by atoms with van der Waals surface area (Å²) in [7, 11) is 1.69. The SMILES string of the molecule is COc1cc2c(cc1CN1CC(Oc3ccccc3C)C1)OCCO2. The van der Waals surface area contributed by atoms with Crippen molar-refractivity contribution in [2.75, 3.05) is 33.4 Å². The van der Waals surface area contributed by atoms with Crippen molar-refractivity contribution in [2.45, 2.75) is 19.6 Å². The van der Waals surface area contributed by atoms with Gasteiger partial charge in [0.15, 0.2) is 11.5 Å². The van der Waals surface area contributed by atoms with Gasteiger partial charge in [0, 0.05) is 31.3 Å². The number of hydrogen-bond acceptors (Lipinski definition) is 5. The fraction of sp³-hybridized carbons (Fsp3) is 0.400. The first-order chi connectivity index (χ1) is 12.2. The number of likely N-dealkylation sites (tertiary alicyclic amines) is 1. The lowest BCUT2D eigenvalue weighted by Crippen LogP contribution is -2.53. The van der Waals surface area contributed by atoms with E-state index in [1.54, 1.807) is 7.11 Å². The molecular weight excluding hydrogens is 318 g/mol. The molecule has 0 aliphatic carbocycles. The molecule has 5 nitrogen and oxygen atoms in total. The number of nitrogens with zero attached hydrogens (tertiary/aromatic N) is 1. The lowest BCUT2D eigenvalue weighted by atomic mass is 10.1. The van der Waals surface area contributed by atoms with Crippen LogP contribution in [0.2, 0.25) is 0 Å². The van der Waals surface area contributed by atoms with Crippen molar-refractivity contribution in [1.82, 2.24) is 4.90 Å².